The van der Waals surface area contributed by atoms with Crippen molar-refractivity contribution in [3.8, 4) is 17.1 Å². The molecule has 1 aromatic heterocycles. The molecule has 1 heterocycles. The predicted molar refractivity (Wildman–Crippen MR) is 111 cm³/mol. The van der Waals surface area contributed by atoms with Gasteiger partial charge < -0.3 is 10.1 Å². The van der Waals surface area contributed by atoms with E-state index in [1.165, 1.54) is 30.0 Å². The number of ether oxygens (including phenoxy) is 1. The van der Waals surface area contributed by atoms with Crippen molar-refractivity contribution in [3.05, 3.63) is 72.8 Å². The summed E-state index contributed by atoms with van der Waals surface area (Å²) < 4.78 is 43.4. The van der Waals surface area contributed by atoms with Crippen LogP contribution in [0, 0.1) is 0 Å². The Morgan fingerprint density at radius 1 is 1.13 bits per heavy atom. The van der Waals surface area contributed by atoms with Gasteiger partial charge in [-0.15, -0.1) is 29.9 Å². The molecule has 6 nitrogen and oxygen atoms in total. The Balaban J connectivity index is 1.62. The van der Waals surface area contributed by atoms with Crippen molar-refractivity contribution in [2.24, 2.45) is 0 Å². The Bertz CT molecular complexity index is 1040. The van der Waals surface area contributed by atoms with E-state index in [1.54, 1.807) is 12.1 Å². The van der Waals surface area contributed by atoms with Gasteiger partial charge in [0, 0.05) is 24.2 Å². The maximum Gasteiger partial charge on any atom is 0.573 e. The average molecular weight is 448 g/mol. The lowest BCUT2D eigenvalue weighted by Crippen LogP contribution is -2.26. The molecule has 3 rings (SSSR count). The van der Waals surface area contributed by atoms with Crippen LogP contribution in [0.25, 0.3) is 11.4 Å². The van der Waals surface area contributed by atoms with Gasteiger partial charge in [-0.2, -0.15) is 0 Å². The van der Waals surface area contributed by atoms with Crippen LogP contribution in [-0.4, -0.2) is 32.8 Å². The molecule has 3 aromatic rings. The maximum atomic E-state index is 12.5. The molecule has 0 aliphatic carbocycles. The summed E-state index contributed by atoms with van der Waals surface area (Å²) in [5.41, 5.74) is 1.11. The van der Waals surface area contributed by atoms with Crippen molar-refractivity contribution in [2.45, 2.75) is 24.6 Å². The van der Waals surface area contributed by atoms with Crippen LogP contribution < -0.4 is 10.1 Å². The number of amides is 1. The van der Waals surface area contributed by atoms with Crippen LogP contribution in [0.5, 0.6) is 5.75 Å². The minimum absolute atomic E-state index is 0.0202. The summed E-state index contributed by atoms with van der Waals surface area (Å²) in [6.45, 7) is 4.11. The van der Waals surface area contributed by atoms with Gasteiger partial charge in [-0.25, -0.2) is 0 Å². The van der Waals surface area contributed by atoms with Gasteiger partial charge in [-0.05, 0) is 6.07 Å². The third kappa shape index (κ3) is 6.35. The molecule has 0 atom stereocenters. The molecule has 0 aliphatic heterocycles. The van der Waals surface area contributed by atoms with Gasteiger partial charge in [-0.3, -0.25) is 9.36 Å². The first-order valence-electron chi connectivity index (χ1n) is 9.20. The third-order valence-electron chi connectivity index (χ3n) is 4.07. The van der Waals surface area contributed by atoms with E-state index in [2.05, 4.69) is 26.8 Å². The van der Waals surface area contributed by atoms with Crippen LogP contribution in [0.3, 0.4) is 0 Å². The lowest BCUT2D eigenvalue weighted by Gasteiger charge is -2.13. The number of aromatic nitrogens is 3. The number of alkyl halides is 3. The maximum absolute atomic E-state index is 12.5. The summed E-state index contributed by atoms with van der Waals surface area (Å²) in [5, 5.41) is 11.5. The van der Waals surface area contributed by atoms with Crippen LogP contribution in [0.1, 0.15) is 5.56 Å². The third-order valence-corrected chi connectivity index (χ3v) is 5.03. The van der Waals surface area contributed by atoms with E-state index in [0.29, 0.717) is 17.5 Å². The summed E-state index contributed by atoms with van der Waals surface area (Å²) >= 11 is 1.18. The Morgan fingerprint density at radius 3 is 2.55 bits per heavy atom. The Hall–Kier alpha value is -3.27. The number of rotatable bonds is 9. The second kappa shape index (κ2) is 10.2. The van der Waals surface area contributed by atoms with Gasteiger partial charge in [0.1, 0.15) is 5.75 Å². The minimum Gasteiger partial charge on any atom is -0.405 e. The SMILES string of the molecule is C=CCn1c(SCC(=O)NCc2ccccc2OC(F)(F)F)nnc1-c1ccccc1. The summed E-state index contributed by atoms with van der Waals surface area (Å²) in [6, 6.07) is 15.2. The molecule has 2 aromatic carbocycles. The van der Waals surface area contributed by atoms with Crippen molar-refractivity contribution < 1.29 is 22.7 Å². The van der Waals surface area contributed by atoms with Crippen LogP contribution in [-0.2, 0) is 17.9 Å². The smallest absolute Gasteiger partial charge is 0.405 e. The average Bonchev–Trinajstić information content (AvgIpc) is 3.14. The molecule has 0 unspecified atom stereocenters. The van der Waals surface area contributed by atoms with E-state index >= 15 is 0 Å². The topological polar surface area (TPSA) is 69.0 Å². The van der Waals surface area contributed by atoms with E-state index in [4.69, 9.17) is 0 Å². The Kier molecular flexibility index (Phi) is 7.35. The van der Waals surface area contributed by atoms with Gasteiger partial charge >= 0.3 is 6.36 Å². The minimum atomic E-state index is -4.80. The van der Waals surface area contributed by atoms with E-state index in [9.17, 15) is 18.0 Å². The van der Waals surface area contributed by atoms with Crippen molar-refractivity contribution in [1.29, 1.82) is 0 Å². The van der Waals surface area contributed by atoms with Gasteiger partial charge in [0.25, 0.3) is 0 Å². The predicted octanol–water partition coefficient (Wildman–Crippen LogP) is 4.44. The van der Waals surface area contributed by atoms with Crippen molar-refractivity contribution in [3.63, 3.8) is 0 Å². The summed E-state index contributed by atoms with van der Waals surface area (Å²) in [5.74, 6) is -0.0316. The van der Waals surface area contributed by atoms with Crippen LogP contribution in [0.2, 0.25) is 0 Å². The molecule has 10 heteroatoms. The van der Waals surface area contributed by atoms with Crippen molar-refractivity contribution in [1.82, 2.24) is 20.1 Å². The van der Waals surface area contributed by atoms with Gasteiger partial charge in [-0.1, -0.05) is 66.4 Å². The van der Waals surface area contributed by atoms with Crippen molar-refractivity contribution >= 4 is 17.7 Å². The lowest BCUT2D eigenvalue weighted by molar-refractivity contribution is -0.274. The number of hydrogen-bond acceptors (Lipinski definition) is 5. The second-order valence-electron chi connectivity index (χ2n) is 6.29. The van der Waals surface area contributed by atoms with E-state index < -0.39 is 6.36 Å². The number of halogens is 3. The number of thioether (sulfide) groups is 1. The number of benzene rings is 2. The molecule has 162 valence electrons. The monoisotopic (exact) mass is 448 g/mol. The molecule has 0 fully saturated rings. The van der Waals surface area contributed by atoms with Gasteiger partial charge in [0.15, 0.2) is 11.0 Å². The molecular weight excluding hydrogens is 429 g/mol. The van der Waals surface area contributed by atoms with Crippen LogP contribution in [0.15, 0.2) is 72.4 Å². The van der Waals surface area contributed by atoms with Crippen molar-refractivity contribution in [2.75, 3.05) is 5.75 Å². The van der Waals surface area contributed by atoms with E-state index in [1.807, 2.05) is 34.9 Å². The normalized spacial score (nSPS) is 11.2. The molecule has 1 N–H and O–H groups in total. The molecule has 31 heavy (non-hydrogen) atoms. The lowest BCUT2D eigenvalue weighted by atomic mass is 10.2. The van der Waals surface area contributed by atoms with Crippen LogP contribution >= 0.6 is 11.8 Å². The Morgan fingerprint density at radius 2 is 1.84 bits per heavy atom. The summed E-state index contributed by atoms with van der Waals surface area (Å²) in [6.07, 6.45) is -3.10. The van der Waals surface area contributed by atoms with E-state index in [0.717, 1.165) is 5.56 Å². The number of carbonyl (C=O) groups is 1. The summed E-state index contributed by atoms with van der Waals surface area (Å²) in [7, 11) is 0. The molecule has 0 aliphatic rings. The fourth-order valence-electron chi connectivity index (χ4n) is 2.74. The summed E-state index contributed by atoms with van der Waals surface area (Å²) in [4.78, 5) is 12.3. The number of para-hydroxylation sites is 1. The molecule has 0 spiro atoms. The molecule has 0 radical (unpaired) electrons. The highest BCUT2D eigenvalue weighted by atomic mass is 32.2. The molecule has 0 saturated carbocycles. The first kappa shape index (κ1) is 22.4. The number of carbonyl (C=O) groups excluding carboxylic acids is 1. The zero-order valence-electron chi connectivity index (χ0n) is 16.3. The molecule has 0 bridgehead atoms. The fourth-order valence-corrected chi connectivity index (χ4v) is 3.52. The van der Waals surface area contributed by atoms with Crippen LogP contribution in [0.4, 0.5) is 13.2 Å². The number of nitrogens with zero attached hydrogens (tertiary/aromatic N) is 3. The Labute approximate surface area is 181 Å². The quantitative estimate of drug-likeness (QED) is 0.387. The zero-order valence-corrected chi connectivity index (χ0v) is 17.1. The molecule has 0 saturated heterocycles. The first-order chi connectivity index (χ1) is 14.9. The standard InChI is InChI=1S/C21H19F3N4O2S/c1-2-12-28-19(15-8-4-3-5-9-15)26-27-20(28)31-14-18(29)25-13-16-10-6-7-11-17(16)30-21(22,23)24/h2-11H,1,12-14H2,(H,25,29). The highest BCUT2D eigenvalue weighted by molar-refractivity contribution is 7.99. The van der Waals surface area contributed by atoms with Gasteiger partial charge in [0.2, 0.25) is 5.91 Å². The largest absolute Gasteiger partial charge is 0.573 e. The molecular formula is C21H19F3N4O2S. The van der Waals surface area contributed by atoms with E-state index in [-0.39, 0.29) is 29.5 Å². The molecule has 1 amide bonds. The highest BCUT2D eigenvalue weighted by Crippen LogP contribution is 2.26. The fraction of sp³-hybridized carbons (Fsp3) is 0.190. The number of hydrogen-bond donors (Lipinski definition) is 1. The highest BCUT2D eigenvalue weighted by Gasteiger charge is 2.32. The first-order valence-corrected chi connectivity index (χ1v) is 10.2. The number of allylic oxidation sites excluding steroid dienone is 1. The van der Waals surface area contributed by atoms with Gasteiger partial charge in [0.05, 0.1) is 5.75 Å². The zero-order chi connectivity index (χ0) is 22.3. The second-order valence-corrected chi connectivity index (χ2v) is 7.23. The number of nitrogens with one attached hydrogen (secondary N) is 1.